The number of hydrogen-bond acceptors (Lipinski definition) is 3. The summed E-state index contributed by atoms with van der Waals surface area (Å²) in [5.41, 5.74) is 1.50. The first-order chi connectivity index (χ1) is 11.6. The Balaban J connectivity index is 1.59. The second-order valence-electron chi connectivity index (χ2n) is 5.90. The van der Waals surface area contributed by atoms with Gasteiger partial charge in [0.1, 0.15) is 6.54 Å². The summed E-state index contributed by atoms with van der Waals surface area (Å²) in [5.74, 6) is -0.166. The number of rotatable bonds is 4. The van der Waals surface area contributed by atoms with Gasteiger partial charge in [-0.15, -0.1) is 11.3 Å². The summed E-state index contributed by atoms with van der Waals surface area (Å²) in [6.07, 6.45) is 0. The lowest BCUT2D eigenvalue weighted by atomic mass is 10.1. The van der Waals surface area contributed by atoms with Gasteiger partial charge in [-0.3, -0.25) is 14.5 Å². The van der Waals surface area contributed by atoms with E-state index >= 15 is 0 Å². The van der Waals surface area contributed by atoms with Crippen LogP contribution in [0.15, 0.2) is 53.9 Å². The van der Waals surface area contributed by atoms with E-state index in [1.165, 1.54) is 0 Å². The molecular formula is C19H16N2O2S. The van der Waals surface area contributed by atoms with E-state index < -0.39 is 0 Å². The van der Waals surface area contributed by atoms with E-state index in [9.17, 15) is 9.59 Å². The molecule has 2 heterocycles. The average molecular weight is 336 g/mol. The molecule has 0 saturated heterocycles. The summed E-state index contributed by atoms with van der Waals surface area (Å²) >= 11 is 1.62. The molecule has 1 aromatic heterocycles. The number of anilines is 1. The predicted molar refractivity (Wildman–Crippen MR) is 96.4 cm³/mol. The minimum atomic E-state index is -0.0975. The largest absolute Gasteiger partial charge is 0.339 e. The SMILES string of the molecule is CN(Cc1cccs1)C(=O)CN1C(=O)c2cccc3cccc1c23. The van der Waals surface area contributed by atoms with E-state index in [1.807, 2.05) is 53.9 Å². The lowest BCUT2D eigenvalue weighted by Crippen LogP contribution is -2.39. The molecule has 0 spiro atoms. The first-order valence-electron chi connectivity index (χ1n) is 7.75. The van der Waals surface area contributed by atoms with Crippen molar-refractivity contribution < 1.29 is 9.59 Å². The average Bonchev–Trinajstić information content (AvgIpc) is 3.19. The van der Waals surface area contributed by atoms with Gasteiger partial charge in [0.05, 0.1) is 12.2 Å². The standard InChI is InChI=1S/C19H16N2O2S/c1-20(11-14-7-4-10-24-14)17(22)12-21-16-9-3-6-13-5-2-8-15(18(13)16)19(21)23/h2-10H,11-12H2,1H3. The second-order valence-corrected chi connectivity index (χ2v) is 6.93. The molecule has 2 aromatic carbocycles. The van der Waals surface area contributed by atoms with Gasteiger partial charge in [-0.25, -0.2) is 0 Å². The number of nitrogens with zero attached hydrogens (tertiary/aromatic N) is 2. The van der Waals surface area contributed by atoms with Crippen molar-refractivity contribution >= 4 is 39.6 Å². The molecule has 120 valence electrons. The third kappa shape index (κ3) is 2.37. The fourth-order valence-electron chi connectivity index (χ4n) is 3.12. The van der Waals surface area contributed by atoms with E-state index in [2.05, 4.69) is 0 Å². The highest BCUT2D eigenvalue weighted by Crippen LogP contribution is 2.36. The summed E-state index contributed by atoms with van der Waals surface area (Å²) in [7, 11) is 1.77. The Morgan fingerprint density at radius 2 is 1.92 bits per heavy atom. The van der Waals surface area contributed by atoms with Gasteiger partial charge < -0.3 is 4.90 Å². The van der Waals surface area contributed by atoms with Crippen LogP contribution in [0.1, 0.15) is 15.2 Å². The van der Waals surface area contributed by atoms with E-state index in [4.69, 9.17) is 0 Å². The quantitative estimate of drug-likeness (QED) is 0.731. The highest BCUT2D eigenvalue weighted by Gasteiger charge is 2.31. The normalized spacial score (nSPS) is 12.9. The molecule has 0 N–H and O–H groups in total. The lowest BCUT2D eigenvalue weighted by molar-refractivity contribution is -0.128. The first-order valence-corrected chi connectivity index (χ1v) is 8.63. The van der Waals surface area contributed by atoms with E-state index in [1.54, 1.807) is 28.2 Å². The molecule has 4 nitrogen and oxygen atoms in total. The van der Waals surface area contributed by atoms with Crippen LogP contribution in [0.2, 0.25) is 0 Å². The van der Waals surface area contributed by atoms with Gasteiger partial charge in [0.2, 0.25) is 5.91 Å². The Hall–Kier alpha value is -2.66. The molecule has 2 amide bonds. The van der Waals surface area contributed by atoms with Crippen LogP contribution in [-0.4, -0.2) is 30.3 Å². The summed E-state index contributed by atoms with van der Waals surface area (Å²) < 4.78 is 0. The zero-order valence-electron chi connectivity index (χ0n) is 13.2. The monoisotopic (exact) mass is 336 g/mol. The van der Waals surface area contributed by atoms with Crippen LogP contribution < -0.4 is 4.90 Å². The summed E-state index contributed by atoms with van der Waals surface area (Å²) in [5, 5.41) is 3.97. The number of likely N-dealkylation sites (N-methyl/N-ethyl adjacent to an activating group) is 1. The van der Waals surface area contributed by atoms with Crippen molar-refractivity contribution in [2.45, 2.75) is 6.54 Å². The van der Waals surface area contributed by atoms with E-state index in [-0.39, 0.29) is 18.4 Å². The summed E-state index contributed by atoms with van der Waals surface area (Å²) in [6.45, 7) is 0.629. The van der Waals surface area contributed by atoms with Gasteiger partial charge >= 0.3 is 0 Å². The molecule has 4 rings (SSSR count). The molecule has 0 atom stereocenters. The maximum absolute atomic E-state index is 12.7. The van der Waals surface area contributed by atoms with E-state index in [0.717, 1.165) is 21.3 Å². The number of carbonyl (C=O) groups excluding carboxylic acids is 2. The van der Waals surface area contributed by atoms with Crippen molar-refractivity contribution in [2.24, 2.45) is 0 Å². The lowest BCUT2D eigenvalue weighted by Gasteiger charge is -2.22. The second kappa shape index (κ2) is 5.76. The van der Waals surface area contributed by atoms with Crippen LogP contribution in [-0.2, 0) is 11.3 Å². The minimum absolute atomic E-state index is 0.0640. The van der Waals surface area contributed by atoms with Crippen LogP contribution >= 0.6 is 11.3 Å². The Kier molecular flexibility index (Phi) is 3.58. The molecule has 0 saturated carbocycles. The highest BCUT2D eigenvalue weighted by molar-refractivity contribution is 7.09. The molecule has 0 fully saturated rings. The third-order valence-corrected chi connectivity index (χ3v) is 5.20. The molecule has 1 aliphatic rings. The maximum atomic E-state index is 12.7. The fraction of sp³-hybridized carbons (Fsp3) is 0.158. The Bertz CT molecular complexity index is 928. The number of carbonyl (C=O) groups is 2. The molecule has 0 aliphatic carbocycles. The van der Waals surface area contributed by atoms with Crippen molar-refractivity contribution in [3.63, 3.8) is 0 Å². The molecule has 5 heteroatoms. The van der Waals surface area contributed by atoms with Crippen molar-refractivity contribution in [1.29, 1.82) is 0 Å². The molecule has 0 unspecified atom stereocenters. The minimum Gasteiger partial charge on any atom is -0.339 e. The number of hydrogen-bond donors (Lipinski definition) is 0. The van der Waals surface area contributed by atoms with Gasteiger partial charge in [-0.05, 0) is 29.0 Å². The zero-order chi connectivity index (χ0) is 16.7. The molecule has 0 bridgehead atoms. The van der Waals surface area contributed by atoms with Crippen molar-refractivity contribution in [3.8, 4) is 0 Å². The topological polar surface area (TPSA) is 40.6 Å². The molecular weight excluding hydrogens is 320 g/mol. The highest BCUT2D eigenvalue weighted by atomic mass is 32.1. The Morgan fingerprint density at radius 1 is 1.12 bits per heavy atom. The van der Waals surface area contributed by atoms with Crippen LogP contribution in [0.3, 0.4) is 0 Å². The molecule has 0 radical (unpaired) electrons. The van der Waals surface area contributed by atoms with Gasteiger partial charge in [-0.1, -0.05) is 30.3 Å². The van der Waals surface area contributed by atoms with Crippen molar-refractivity contribution in [3.05, 3.63) is 64.4 Å². The van der Waals surface area contributed by atoms with Crippen molar-refractivity contribution in [2.75, 3.05) is 18.5 Å². The van der Waals surface area contributed by atoms with Crippen LogP contribution in [0, 0.1) is 0 Å². The summed E-state index contributed by atoms with van der Waals surface area (Å²) in [4.78, 5) is 29.7. The molecule has 3 aromatic rings. The van der Waals surface area contributed by atoms with Crippen molar-refractivity contribution in [1.82, 2.24) is 4.90 Å². The van der Waals surface area contributed by atoms with Gasteiger partial charge in [-0.2, -0.15) is 0 Å². The number of benzene rings is 2. The van der Waals surface area contributed by atoms with Crippen LogP contribution in [0.5, 0.6) is 0 Å². The Morgan fingerprint density at radius 3 is 2.67 bits per heavy atom. The smallest absolute Gasteiger partial charge is 0.259 e. The number of thiophene rings is 1. The van der Waals surface area contributed by atoms with Gasteiger partial charge in [0.25, 0.3) is 5.91 Å². The predicted octanol–water partition coefficient (Wildman–Crippen LogP) is 3.52. The van der Waals surface area contributed by atoms with Gasteiger partial charge in [0, 0.05) is 22.9 Å². The van der Waals surface area contributed by atoms with E-state index in [0.29, 0.717) is 12.1 Å². The Labute approximate surface area is 143 Å². The fourth-order valence-corrected chi connectivity index (χ4v) is 3.87. The number of amides is 2. The molecule has 24 heavy (non-hydrogen) atoms. The van der Waals surface area contributed by atoms with Crippen LogP contribution in [0.25, 0.3) is 10.8 Å². The summed E-state index contributed by atoms with van der Waals surface area (Å²) in [6, 6.07) is 15.5. The van der Waals surface area contributed by atoms with Gasteiger partial charge in [0.15, 0.2) is 0 Å². The molecule has 1 aliphatic heterocycles. The first kappa shape index (κ1) is 14.9. The third-order valence-electron chi connectivity index (χ3n) is 4.34. The maximum Gasteiger partial charge on any atom is 0.259 e. The van der Waals surface area contributed by atoms with Crippen LogP contribution in [0.4, 0.5) is 5.69 Å². The zero-order valence-corrected chi connectivity index (χ0v) is 14.0.